The molecule has 0 saturated carbocycles. The number of rotatable bonds is 4. The van der Waals surface area contributed by atoms with E-state index in [1.807, 2.05) is 6.92 Å². The first-order chi connectivity index (χ1) is 8.66. The summed E-state index contributed by atoms with van der Waals surface area (Å²) in [4.78, 5) is 14.3. The van der Waals surface area contributed by atoms with E-state index in [1.54, 1.807) is 6.07 Å². The minimum absolute atomic E-state index is 0.113. The Balaban J connectivity index is 1.81. The van der Waals surface area contributed by atoms with E-state index in [2.05, 4.69) is 10.2 Å². The van der Waals surface area contributed by atoms with Gasteiger partial charge in [0.25, 0.3) is 5.91 Å². The summed E-state index contributed by atoms with van der Waals surface area (Å²) < 4.78 is 4.91. The molecule has 0 aliphatic carbocycles. The van der Waals surface area contributed by atoms with Gasteiger partial charge >= 0.3 is 0 Å². The van der Waals surface area contributed by atoms with Gasteiger partial charge in [-0.2, -0.15) is 0 Å². The van der Waals surface area contributed by atoms with E-state index in [9.17, 15) is 4.79 Å². The van der Waals surface area contributed by atoms with Crippen molar-refractivity contribution in [1.82, 2.24) is 10.2 Å². The van der Waals surface area contributed by atoms with Crippen molar-refractivity contribution in [3.63, 3.8) is 0 Å². The molecule has 1 unspecified atom stereocenters. The Kier molecular flexibility index (Phi) is 4.66. The Morgan fingerprint density at radius 3 is 2.83 bits per heavy atom. The molecule has 1 atom stereocenters. The van der Waals surface area contributed by atoms with E-state index in [1.165, 1.54) is 25.5 Å². The van der Waals surface area contributed by atoms with E-state index in [0.717, 1.165) is 19.6 Å². The van der Waals surface area contributed by atoms with Crippen molar-refractivity contribution in [2.45, 2.75) is 32.2 Å². The van der Waals surface area contributed by atoms with Crippen LogP contribution < -0.4 is 5.32 Å². The van der Waals surface area contributed by atoms with E-state index in [-0.39, 0.29) is 17.2 Å². The van der Waals surface area contributed by atoms with E-state index < -0.39 is 0 Å². The molecule has 0 radical (unpaired) electrons. The Bertz CT molecular complexity index is 399. The average Bonchev–Trinajstić information content (AvgIpc) is 2.76. The molecule has 2 rings (SSSR count). The third-order valence-electron chi connectivity index (χ3n) is 3.22. The van der Waals surface area contributed by atoms with Crippen LogP contribution in [-0.4, -0.2) is 36.5 Å². The van der Waals surface area contributed by atoms with Gasteiger partial charge < -0.3 is 14.6 Å². The first kappa shape index (κ1) is 13.4. The number of hydrogen-bond donors (Lipinski definition) is 1. The first-order valence-electron chi connectivity index (χ1n) is 6.43. The van der Waals surface area contributed by atoms with Crippen LogP contribution in [0, 0.1) is 0 Å². The summed E-state index contributed by atoms with van der Waals surface area (Å²) in [6, 6.07) is 1.70. The molecule has 0 aromatic carbocycles. The van der Waals surface area contributed by atoms with Crippen LogP contribution in [0.25, 0.3) is 0 Å². The smallest absolute Gasteiger partial charge is 0.256 e. The minimum Gasteiger partial charge on any atom is -0.452 e. The number of nitrogens with zero attached hydrogens (tertiary/aromatic N) is 1. The standard InChI is InChI=1S/C13H19ClN2O2/c1-10(9-16-6-3-2-4-7-16)15-13(17)11-5-8-18-12(11)14/h5,8,10H,2-4,6-7,9H2,1H3,(H,15,17). The highest BCUT2D eigenvalue weighted by molar-refractivity contribution is 6.32. The summed E-state index contributed by atoms with van der Waals surface area (Å²) in [6.07, 6.45) is 5.26. The van der Waals surface area contributed by atoms with Crippen LogP contribution in [0.4, 0.5) is 0 Å². The van der Waals surface area contributed by atoms with Gasteiger partial charge in [0.15, 0.2) is 0 Å². The summed E-state index contributed by atoms with van der Waals surface area (Å²) in [5.41, 5.74) is 0.405. The van der Waals surface area contributed by atoms with Gasteiger partial charge in [-0.3, -0.25) is 4.79 Å². The van der Waals surface area contributed by atoms with Crippen LogP contribution in [-0.2, 0) is 0 Å². The lowest BCUT2D eigenvalue weighted by Crippen LogP contribution is -2.43. The number of piperidine rings is 1. The number of hydrogen-bond acceptors (Lipinski definition) is 3. The van der Waals surface area contributed by atoms with Crippen molar-refractivity contribution < 1.29 is 9.21 Å². The van der Waals surface area contributed by atoms with Gasteiger partial charge in [-0.1, -0.05) is 6.42 Å². The molecule has 4 nitrogen and oxygen atoms in total. The molecule has 1 aliphatic rings. The van der Waals surface area contributed by atoms with Gasteiger partial charge in [-0.15, -0.1) is 0 Å². The number of nitrogens with one attached hydrogen (secondary N) is 1. The molecular formula is C13H19ClN2O2. The van der Waals surface area contributed by atoms with Crippen molar-refractivity contribution in [1.29, 1.82) is 0 Å². The maximum absolute atomic E-state index is 11.9. The Morgan fingerprint density at radius 2 is 2.22 bits per heavy atom. The monoisotopic (exact) mass is 270 g/mol. The third kappa shape index (κ3) is 3.50. The maximum atomic E-state index is 11.9. The number of carbonyl (C=O) groups excluding carboxylic acids is 1. The fourth-order valence-corrected chi connectivity index (χ4v) is 2.53. The van der Waals surface area contributed by atoms with Crippen LogP contribution in [0.1, 0.15) is 36.5 Å². The van der Waals surface area contributed by atoms with Crippen molar-refractivity contribution >= 4 is 17.5 Å². The van der Waals surface area contributed by atoms with Crippen molar-refractivity contribution in [3.05, 3.63) is 23.1 Å². The fraction of sp³-hybridized carbons (Fsp3) is 0.615. The minimum atomic E-state index is -0.168. The molecule has 2 heterocycles. The molecule has 0 spiro atoms. The largest absolute Gasteiger partial charge is 0.452 e. The van der Waals surface area contributed by atoms with Gasteiger partial charge in [0.2, 0.25) is 5.22 Å². The van der Waals surface area contributed by atoms with Crippen molar-refractivity contribution in [2.75, 3.05) is 19.6 Å². The molecule has 1 saturated heterocycles. The molecule has 1 amide bonds. The summed E-state index contributed by atoms with van der Waals surface area (Å²) in [5.74, 6) is -0.168. The van der Waals surface area contributed by atoms with Gasteiger partial charge in [0.05, 0.1) is 11.8 Å². The quantitative estimate of drug-likeness (QED) is 0.915. The number of amides is 1. The molecule has 5 heteroatoms. The van der Waals surface area contributed by atoms with E-state index >= 15 is 0 Å². The van der Waals surface area contributed by atoms with Crippen LogP contribution in [0.15, 0.2) is 16.7 Å². The zero-order valence-electron chi connectivity index (χ0n) is 10.6. The first-order valence-corrected chi connectivity index (χ1v) is 6.81. The highest BCUT2D eigenvalue weighted by Crippen LogP contribution is 2.16. The maximum Gasteiger partial charge on any atom is 0.256 e. The Hall–Kier alpha value is -1.00. The predicted octanol–water partition coefficient (Wildman–Crippen LogP) is 2.54. The van der Waals surface area contributed by atoms with Crippen LogP contribution in [0.2, 0.25) is 5.22 Å². The molecule has 1 aliphatic heterocycles. The normalized spacial score (nSPS) is 18.6. The third-order valence-corrected chi connectivity index (χ3v) is 3.51. The van der Waals surface area contributed by atoms with Crippen LogP contribution >= 0.6 is 11.6 Å². The van der Waals surface area contributed by atoms with Crippen molar-refractivity contribution in [3.8, 4) is 0 Å². The number of furan rings is 1. The summed E-state index contributed by atoms with van der Waals surface area (Å²) in [5, 5.41) is 3.10. The number of carbonyl (C=O) groups is 1. The highest BCUT2D eigenvalue weighted by Gasteiger charge is 2.18. The Labute approximate surface area is 112 Å². The lowest BCUT2D eigenvalue weighted by Gasteiger charge is -2.29. The summed E-state index contributed by atoms with van der Waals surface area (Å²) >= 11 is 5.77. The van der Waals surface area contributed by atoms with Gasteiger partial charge in [0.1, 0.15) is 0 Å². The van der Waals surface area contributed by atoms with E-state index in [4.69, 9.17) is 16.0 Å². The zero-order valence-corrected chi connectivity index (χ0v) is 11.4. The molecule has 0 bridgehead atoms. The highest BCUT2D eigenvalue weighted by atomic mass is 35.5. The second-order valence-corrected chi connectivity index (χ2v) is 5.19. The van der Waals surface area contributed by atoms with Gasteiger partial charge in [-0.05, 0) is 50.5 Å². The predicted molar refractivity (Wildman–Crippen MR) is 70.9 cm³/mol. The second kappa shape index (κ2) is 6.25. The summed E-state index contributed by atoms with van der Waals surface area (Å²) in [7, 11) is 0. The van der Waals surface area contributed by atoms with Crippen LogP contribution in [0.5, 0.6) is 0 Å². The summed E-state index contributed by atoms with van der Waals surface area (Å²) in [6.45, 7) is 5.17. The van der Waals surface area contributed by atoms with Gasteiger partial charge in [0, 0.05) is 12.6 Å². The van der Waals surface area contributed by atoms with Crippen molar-refractivity contribution in [2.24, 2.45) is 0 Å². The molecule has 1 N–H and O–H groups in total. The molecular weight excluding hydrogens is 252 g/mol. The van der Waals surface area contributed by atoms with Crippen LogP contribution in [0.3, 0.4) is 0 Å². The molecule has 1 aromatic heterocycles. The SMILES string of the molecule is CC(CN1CCCCC1)NC(=O)c1ccoc1Cl. The Morgan fingerprint density at radius 1 is 1.50 bits per heavy atom. The molecule has 18 heavy (non-hydrogen) atoms. The molecule has 1 aromatic rings. The fourth-order valence-electron chi connectivity index (χ4n) is 2.33. The average molecular weight is 271 g/mol. The molecule has 100 valence electrons. The topological polar surface area (TPSA) is 45.5 Å². The molecule has 1 fully saturated rings. The second-order valence-electron chi connectivity index (χ2n) is 4.84. The number of halogens is 1. The lowest BCUT2D eigenvalue weighted by atomic mass is 10.1. The van der Waals surface area contributed by atoms with Gasteiger partial charge in [-0.25, -0.2) is 0 Å². The number of likely N-dealkylation sites (tertiary alicyclic amines) is 1. The lowest BCUT2D eigenvalue weighted by molar-refractivity contribution is 0.0925. The zero-order chi connectivity index (χ0) is 13.0. The van der Waals surface area contributed by atoms with E-state index in [0.29, 0.717) is 5.56 Å².